The highest BCUT2D eigenvalue weighted by Crippen LogP contribution is 2.18. The summed E-state index contributed by atoms with van der Waals surface area (Å²) in [6, 6.07) is 4.90. The van der Waals surface area contributed by atoms with Crippen molar-refractivity contribution < 1.29 is 13.9 Å². The average molecular weight is 210 g/mol. The Bertz CT molecular complexity index is 359. The predicted molar refractivity (Wildman–Crippen MR) is 56.0 cm³/mol. The van der Waals surface area contributed by atoms with E-state index >= 15 is 0 Å². The zero-order valence-corrected chi connectivity index (χ0v) is 9.21. The summed E-state index contributed by atoms with van der Waals surface area (Å²) in [5.41, 5.74) is 1.47. The molecule has 0 spiro atoms. The molecule has 0 aliphatic rings. The Kier molecular flexibility index (Phi) is 3.83. The molecule has 1 rings (SSSR count). The van der Waals surface area contributed by atoms with E-state index in [-0.39, 0.29) is 12.4 Å². The van der Waals surface area contributed by atoms with Crippen LogP contribution in [0.5, 0.6) is 0 Å². The molecule has 0 aliphatic carbocycles. The third-order valence-corrected chi connectivity index (χ3v) is 2.17. The van der Waals surface area contributed by atoms with Gasteiger partial charge < -0.3 is 4.74 Å². The molecule has 0 heterocycles. The number of hydrogen-bond donors (Lipinski definition) is 0. The number of carbonyl (C=O) groups is 1. The zero-order valence-electron chi connectivity index (χ0n) is 9.21. The Morgan fingerprint density at radius 2 is 2.13 bits per heavy atom. The summed E-state index contributed by atoms with van der Waals surface area (Å²) >= 11 is 0. The number of benzene rings is 1. The van der Waals surface area contributed by atoms with Crippen LogP contribution in [0.1, 0.15) is 37.8 Å². The maximum absolute atomic E-state index is 13.3. The van der Waals surface area contributed by atoms with Crippen molar-refractivity contribution >= 4 is 5.97 Å². The average Bonchev–Trinajstić information content (AvgIpc) is 2.16. The third kappa shape index (κ3) is 3.35. The molecule has 15 heavy (non-hydrogen) atoms. The Morgan fingerprint density at radius 1 is 1.47 bits per heavy atom. The van der Waals surface area contributed by atoms with Crippen LogP contribution in [0.15, 0.2) is 18.2 Å². The van der Waals surface area contributed by atoms with Crippen molar-refractivity contribution in [3.8, 4) is 0 Å². The van der Waals surface area contributed by atoms with Crippen molar-refractivity contribution in [3.05, 3.63) is 35.1 Å². The molecule has 0 unspecified atom stereocenters. The fourth-order valence-electron chi connectivity index (χ4n) is 1.24. The molecule has 0 atom stereocenters. The summed E-state index contributed by atoms with van der Waals surface area (Å²) in [7, 11) is 0. The second kappa shape index (κ2) is 4.91. The largest absolute Gasteiger partial charge is 0.461 e. The van der Waals surface area contributed by atoms with Gasteiger partial charge >= 0.3 is 5.97 Å². The van der Waals surface area contributed by atoms with Gasteiger partial charge in [0.2, 0.25) is 0 Å². The van der Waals surface area contributed by atoms with E-state index in [2.05, 4.69) is 0 Å². The van der Waals surface area contributed by atoms with Gasteiger partial charge in [-0.25, -0.2) is 4.39 Å². The van der Waals surface area contributed by atoms with Crippen LogP contribution in [0.25, 0.3) is 0 Å². The van der Waals surface area contributed by atoms with Crippen molar-refractivity contribution in [2.45, 2.75) is 33.3 Å². The summed E-state index contributed by atoms with van der Waals surface area (Å²) < 4.78 is 18.1. The van der Waals surface area contributed by atoms with E-state index in [9.17, 15) is 9.18 Å². The van der Waals surface area contributed by atoms with Gasteiger partial charge in [0, 0.05) is 12.5 Å². The Labute approximate surface area is 89.1 Å². The van der Waals surface area contributed by atoms with Crippen LogP contribution in [0.2, 0.25) is 0 Å². The lowest BCUT2D eigenvalue weighted by Crippen LogP contribution is -2.02. The van der Waals surface area contributed by atoms with E-state index in [0.717, 1.165) is 5.56 Å². The quantitative estimate of drug-likeness (QED) is 0.717. The molecular weight excluding hydrogens is 195 g/mol. The lowest BCUT2D eigenvalue weighted by atomic mass is 10.0. The van der Waals surface area contributed by atoms with Crippen LogP contribution < -0.4 is 0 Å². The minimum atomic E-state index is -0.399. The van der Waals surface area contributed by atoms with E-state index in [1.165, 1.54) is 13.0 Å². The maximum atomic E-state index is 13.3. The van der Waals surface area contributed by atoms with Gasteiger partial charge in [-0.05, 0) is 23.6 Å². The minimum Gasteiger partial charge on any atom is -0.461 e. The van der Waals surface area contributed by atoms with E-state index in [1.807, 2.05) is 13.8 Å². The van der Waals surface area contributed by atoms with Crippen LogP contribution in [-0.2, 0) is 16.1 Å². The Balaban J connectivity index is 2.85. The summed E-state index contributed by atoms with van der Waals surface area (Å²) in [6.45, 7) is 5.37. The summed E-state index contributed by atoms with van der Waals surface area (Å²) in [5.74, 6) is -0.397. The first-order valence-electron chi connectivity index (χ1n) is 4.92. The van der Waals surface area contributed by atoms with Gasteiger partial charge in [0.15, 0.2) is 0 Å². The molecular formula is C12H15FO2. The second-order valence-electron chi connectivity index (χ2n) is 3.79. The van der Waals surface area contributed by atoms with Crippen LogP contribution >= 0.6 is 0 Å². The molecule has 0 fully saturated rings. The maximum Gasteiger partial charge on any atom is 0.302 e. The zero-order chi connectivity index (χ0) is 11.4. The summed E-state index contributed by atoms with van der Waals surface area (Å²) in [5, 5.41) is 0. The molecule has 0 N–H and O–H groups in total. The fourth-order valence-corrected chi connectivity index (χ4v) is 1.24. The SMILES string of the molecule is CC(=O)OCc1cc(C(C)C)ccc1F. The van der Waals surface area contributed by atoms with Crippen molar-refractivity contribution in [2.75, 3.05) is 0 Å². The molecule has 0 amide bonds. The van der Waals surface area contributed by atoms with Gasteiger partial charge in [-0.1, -0.05) is 19.9 Å². The van der Waals surface area contributed by atoms with Crippen LogP contribution in [-0.4, -0.2) is 5.97 Å². The van der Waals surface area contributed by atoms with E-state index in [1.54, 1.807) is 12.1 Å². The van der Waals surface area contributed by atoms with Crippen molar-refractivity contribution in [3.63, 3.8) is 0 Å². The standard InChI is InChI=1S/C12H15FO2/c1-8(2)10-4-5-12(13)11(6-10)7-15-9(3)14/h4-6,8H,7H2,1-3H3. The molecule has 82 valence electrons. The van der Waals surface area contributed by atoms with E-state index < -0.39 is 5.97 Å². The molecule has 0 radical (unpaired) electrons. The molecule has 0 saturated carbocycles. The normalized spacial score (nSPS) is 10.5. The summed E-state index contributed by atoms with van der Waals surface area (Å²) in [6.07, 6.45) is 0. The smallest absolute Gasteiger partial charge is 0.302 e. The minimum absolute atomic E-state index is 0.00171. The van der Waals surface area contributed by atoms with Gasteiger partial charge in [-0.3, -0.25) is 4.79 Å². The lowest BCUT2D eigenvalue weighted by Gasteiger charge is -2.09. The number of hydrogen-bond acceptors (Lipinski definition) is 2. The molecule has 1 aromatic carbocycles. The highest BCUT2D eigenvalue weighted by molar-refractivity contribution is 5.65. The van der Waals surface area contributed by atoms with Crippen LogP contribution in [0.4, 0.5) is 4.39 Å². The topological polar surface area (TPSA) is 26.3 Å². The Morgan fingerprint density at radius 3 is 2.67 bits per heavy atom. The lowest BCUT2D eigenvalue weighted by molar-refractivity contribution is -0.142. The number of rotatable bonds is 3. The first-order chi connectivity index (χ1) is 7.00. The number of carbonyl (C=O) groups excluding carboxylic acids is 1. The van der Waals surface area contributed by atoms with Crippen molar-refractivity contribution in [1.29, 1.82) is 0 Å². The summed E-state index contributed by atoms with van der Waals surface area (Å²) in [4.78, 5) is 10.6. The number of ether oxygens (including phenoxy) is 1. The van der Waals surface area contributed by atoms with Crippen LogP contribution in [0.3, 0.4) is 0 Å². The second-order valence-corrected chi connectivity index (χ2v) is 3.79. The monoisotopic (exact) mass is 210 g/mol. The third-order valence-electron chi connectivity index (χ3n) is 2.17. The molecule has 0 bridgehead atoms. The highest BCUT2D eigenvalue weighted by Gasteiger charge is 2.07. The fraction of sp³-hybridized carbons (Fsp3) is 0.417. The first kappa shape index (κ1) is 11.7. The first-order valence-corrected chi connectivity index (χ1v) is 4.92. The molecule has 0 aliphatic heterocycles. The Hall–Kier alpha value is -1.38. The van der Waals surface area contributed by atoms with Gasteiger partial charge in [0.1, 0.15) is 12.4 Å². The van der Waals surface area contributed by atoms with Gasteiger partial charge in [0.25, 0.3) is 0 Å². The van der Waals surface area contributed by atoms with Crippen molar-refractivity contribution in [1.82, 2.24) is 0 Å². The van der Waals surface area contributed by atoms with Gasteiger partial charge in [-0.2, -0.15) is 0 Å². The number of esters is 1. The molecule has 0 aromatic heterocycles. The molecule has 1 aromatic rings. The van der Waals surface area contributed by atoms with Crippen molar-refractivity contribution in [2.24, 2.45) is 0 Å². The van der Waals surface area contributed by atoms with Crippen LogP contribution in [0, 0.1) is 5.82 Å². The molecule has 0 saturated heterocycles. The van der Waals surface area contributed by atoms with E-state index in [0.29, 0.717) is 11.5 Å². The van der Waals surface area contributed by atoms with E-state index in [4.69, 9.17) is 4.74 Å². The number of halogens is 1. The predicted octanol–water partition coefficient (Wildman–Crippen LogP) is 3.01. The van der Waals surface area contributed by atoms with Gasteiger partial charge in [-0.15, -0.1) is 0 Å². The highest BCUT2D eigenvalue weighted by atomic mass is 19.1. The molecule has 2 nitrogen and oxygen atoms in total. The van der Waals surface area contributed by atoms with Gasteiger partial charge in [0.05, 0.1) is 0 Å². The molecule has 3 heteroatoms.